The Kier molecular flexibility index (Phi) is 4.99. The largest absolute Gasteiger partial charge is 0.383 e. The first-order valence-corrected chi connectivity index (χ1v) is 5.22. The summed E-state index contributed by atoms with van der Waals surface area (Å²) in [5.74, 6) is -0.812. The van der Waals surface area contributed by atoms with Gasteiger partial charge in [0.15, 0.2) is 0 Å². The predicted molar refractivity (Wildman–Crippen MR) is 61.2 cm³/mol. The number of ether oxygens (including phenoxy) is 1. The van der Waals surface area contributed by atoms with Crippen LogP contribution in [0.3, 0.4) is 0 Å². The Hall–Kier alpha value is -1.53. The maximum Gasteiger partial charge on any atom is 0.304 e. The van der Waals surface area contributed by atoms with Gasteiger partial charge in [0.2, 0.25) is 5.82 Å². The van der Waals surface area contributed by atoms with E-state index in [-0.39, 0.29) is 6.04 Å². The number of halogens is 1. The lowest BCUT2D eigenvalue weighted by atomic mass is 10.1. The van der Waals surface area contributed by atoms with Gasteiger partial charge in [-0.3, -0.25) is 10.1 Å². The summed E-state index contributed by atoms with van der Waals surface area (Å²) in [4.78, 5) is 9.67. The first-order valence-electron chi connectivity index (χ1n) is 5.22. The molecule has 0 bridgehead atoms. The van der Waals surface area contributed by atoms with Crippen LogP contribution in [-0.4, -0.2) is 24.7 Å². The van der Waals surface area contributed by atoms with E-state index in [9.17, 15) is 14.5 Å². The summed E-state index contributed by atoms with van der Waals surface area (Å²) in [6.07, 6.45) is 1.21. The van der Waals surface area contributed by atoms with E-state index in [0.717, 1.165) is 0 Å². The van der Waals surface area contributed by atoms with Gasteiger partial charge in [-0.1, -0.05) is 6.07 Å². The highest BCUT2D eigenvalue weighted by Gasteiger charge is 2.13. The molecule has 1 aromatic rings. The van der Waals surface area contributed by atoms with Gasteiger partial charge >= 0.3 is 5.69 Å². The molecule has 0 spiro atoms. The van der Waals surface area contributed by atoms with Crippen LogP contribution in [0, 0.1) is 15.9 Å². The number of nitrogens with two attached hydrogens (primary N) is 1. The molecule has 5 nitrogen and oxygen atoms in total. The predicted octanol–water partition coefficient (Wildman–Crippen LogP) is 1.64. The second kappa shape index (κ2) is 6.27. The fraction of sp³-hybridized carbons (Fsp3) is 0.455. The van der Waals surface area contributed by atoms with Crippen molar-refractivity contribution in [1.82, 2.24) is 0 Å². The molecule has 0 aliphatic rings. The second-order valence-electron chi connectivity index (χ2n) is 3.80. The number of aryl methyl sites for hydroxylation is 1. The number of benzene rings is 1. The Balaban J connectivity index is 2.62. The van der Waals surface area contributed by atoms with E-state index < -0.39 is 16.4 Å². The number of nitro benzene ring substituents is 1. The summed E-state index contributed by atoms with van der Waals surface area (Å²) in [6.45, 7) is 0.440. The smallest absolute Gasteiger partial charge is 0.304 e. The van der Waals surface area contributed by atoms with Gasteiger partial charge < -0.3 is 10.5 Å². The van der Waals surface area contributed by atoms with E-state index in [2.05, 4.69) is 0 Å². The van der Waals surface area contributed by atoms with Crippen LogP contribution < -0.4 is 5.73 Å². The van der Waals surface area contributed by atoms with Crippen molar-refractivity contribution in [2.75, 3.05) is 13.7 Å². The highest BCUT2D eigenvalue weighted by atomic mass is 19.1. The zero-order valence-electron chi connectivity index (χ0n) is 9.56. The molecule has 94 valence electrons. The van der Waals surface area contributed by atoms with Gasteiger partial charge in [0.25, 0.3) is 0 Å². The van der Waals surface area contributed by atoms with Gasteiger partial charge in [0, 0.05) is 19.2 Å². The summed E-state index contributed by atoms with van der Waals surface area (Å²) >= 11 is 0. The molecule has 0 fully saturated rings. The molecule has 17 heavy (non-hydrogen) atoms. The standard InChI is InChI=1S/C11H15FN2O3/c1-17-7-9(13)4-2-8-3-5-11(14(15)16)10(12)6-8/h3,5-6,9H,2,4,7,13H2,1H3. The van der Waals surface area contributed by atoms with Crippen molar-refractivity contribution in [2.24, 2.45) is 5.73 Å². The highest BCUT2D eigenvalue weighted by molar-refractivity contribution is 5.35. The molecule has 0 aliphatic heterocycles. The number of methoxy groups -OCH3 is 1. The van der Waals surface area contributed by atoms with Gasteiger partial charge in [-0.15, -0.1) is 0 Å². The fourth-order valence-corrected chi connectivity index (χ4v) is 1.50. The van der Waals surface area contributed by atoms with Crippen LogP contribution in [0.5, 0.6) is 0 Å². The maximum absolute atomic E-state index is 13.3. The van der Waals surface area contributed by atoms with Crippen LogP contribution in [0.1, 0.15) is 12.0 Å². The van der Waals surface area contributed by atoms with Gasteiger partial charge in [-0.2, -0.15) is 4.39 Å². The van der Waals surface area contributed by atoms with Crippen LogP contribution in [0.25, 0.3) is 0 Å². The molecule has 0 saturated carbocycles. The molecular weight excluding hydrogens is 227 g/mol. The lowest BCUT2D eigenvalue weighted by Gasteiger charge is -2.09. The van der Waals surface area contributed by atoms with Gasteiger partial charge in [0.05, 0.1) is 11.5 Å². The molecule has 1 rings (SSSR count). The Morgan fingerprint density at radius 2 is 2.29 bits per heavy atom. The topological polar surface area (TPSA) is 78.4 Å². The molecule has 0 aliphatic carbocycles. The van der Waals surface area contributed by atoms with Crippen molar-refractivity contribution in [3.8, 4) is 0 Å². The highest BCUT2D eigenvalue weighted by Crippen LogP contribution is 2.18. The van der Waals surface area contributed by atoms with Crippen LogP contribution in [0.15, 0.2) is 18.2 Å². The van der Waals surface area contributed by atoms with Crippen molar-refractivity contribution in [3.05, 3.63) is 39.7 Å². The van der Waals surface area contributed by atoms with E-state index in [1.165, 1.54) is 12.1 Å². The lowest BCUT2D eigenvalue weighted by Crippen LogP contribution is -2.26. The quantitative estimate of drug-likeness (QED) is 0.607. The van der Waals surface area contributed by atoms with Gasteiger partial charge in [-0.05, 0) is 24.5 Å². The summed E-state index contributed by atoms with van der Waals surface area (Å²) in [5, 5.41) is 10.4. The zero-order chi connectivity index (χ0) is 12.8. The molecule has 1 aromatic carbocycles. The van der Waals surface area contributed by atoms with Crippen molar-refractivity contribution in [2.45, 2.75) is 18.9 Å². The second-order valence-corrected chi connectivity index (χ2v) is 3.80. The average Bonchev–Trinajstić information content (AvgIpc) is 2.26. The van der Waals surface area contributed by atoms with Crippen molar-refractivity contribution in [3.63, 3.8) is 0 Å². The Bertz CT molecular complexity index is 398. The third-order valence-electron chi connectivity index (χ3n) is 2.39. The summed E-state index contributed by atoms with van der Waals surface area (Å²) in [5.41, 5.74) is 5.91. The number of hydrogen-bond acceptors (Lipinski definition) is 4. The van der Waals surface area contributed by atoms with Crippen LogP contribution in [0.4, 0.5) is 10.1 Å². The molecular formula is C11H15FN2O3. The third-order valence-corrected chi connectivity index (χ3v) is 2.39. The summed E-state index contributed by atoms with van der Waals surface area (Å²) in [7, 11) is 1.56. The molecule has 0 heterocycles. The first-order chi connectivity index (χ1) is 8.04. The molecule has 2 N–H and O–H groups in total. The number of hydrogen-bond donors (Lipinski definition) is 1. The first kappa shape index (κ1) is 13.5. The minimum atomic E-state index is -0.812. The normalized spacial score (nSPS) is 12.4. The van der Waals surface area contributed by atoms with E-state index in [1.54, 1.807) is 13.2 Å². The van der Waals surface area contributed by atoms with E-state index in [4.69, 9.17) is 10.5 Å². The van der Waals surface area contributed by atoms with E-state index >= 15 is 0 Å². The van der Waals surface area contributed by atoms with E-state index in [1.807, 2.05) is 0 Å². The number of nitrogens with zero attached hydrogens (tertiary/aromatic N) is 1. The molecule has 0 saturated heterocycles. The molecule has 0 aromatic heterocycles. The zero-order valence-corrected chi connectivity index (χ0v) is 9.56. The molecule has 1 atom stereocenters. The average molecular weight is 242 g/mol. The fourth-order valence-electron chi connectivity index (χ4n) is 1.50. The van der Waals surface area contributed by atoms with Crippen LogP contribution in [-0.2, 0) is 11.2 Å². The lowest BCUT2D eigenvalue weighted by molar-refractivity contribution is -0.387. The molecule has 1 unspecified atom stereocenters. The SMILES string of the molecule is COCC(N)CCc1ccc([N+](=O)[O-])c(F)c1. The monoisotopic (exact) mass is 242 g/mol. The van der Waals surface area contributed by atoms with Crippen LogP contribution in [0.2, 0.25) is 0 Å². The van der Waals surface area contributed by atoms with Gasteiger partial charge in [-0.25, -0.2) is 0 Å². The van der Waals surface area contributed by atoms with Crippen LogP contribution >= 0.6 is 0 Å². The number of rotatable bonds is 6. The minimum absolute atomic E-state index is 0.113. The molecule has 0 radical (unpaired) electrons. The van der Waals surface area contributed by atoms with Crippen molar-refractivity contribution < 1.29 is 14.1 Å². The summed E-state index contributed by atoms with van der Waals surface area (Å²) < 4.78 is 18.2. The Morgan fingerprint density at radius 3 is 2.82 bits per heavy atom. The maximum atomic E-state index is 13.3. The Labute approximate surface area is 98.5 Å². The molecule has 6 heteroatoms. The van der Waals surface area contributed by atoms with Crippen molar-refractivity contribution in [1.29, 1.82) is 0 Å². The van der Waals surface area contributed by atoms with Crippen molar-refractivity contribution >= 4 is 5.69 Å². The minimum Gasteiger partial charge on any atom is -0.383 e. The summed E-state index contributed by atoms with van der Waals surface area (Å²) in [6, 6.07) is 3.78. The third kappa shape index (κ3) is 4.08. The molecule has 0 amide bonds. The number of nitro groups is 1. The Morgan fingerprint density at radius 1 is 1.59 bits per heavy atom. The van der Waals surface area contributed by atoms with E-state index in [0.29, 0.717) is 25.0 Å². The van der Waals surface area contributed by atoms with Gasteiger partial charge in [0.1, 0.15) is 0 Å².